The van der Waals surface area contributed by atoms with Gasteiger partial charge >= 0.3 is 0 Å². The van der Waals surface area contributed by atoms with E-state index in [0.29, 0.717) is 0 Å². The lowest BCUT2D eigenvalue weighted by atomic mass is 9.91. The maximum absolute atomic E-state index is 3.64. The van der Waals surface area contributed by atoms with Crippen molar-refractivity contribution in [2.45, 2.75) is 40.2 Å². The Kier molecular flexibility index (Phi) is 4.97. The molecule has 2 rings (SSSR count). The Morgan fingerprint density at radius 1 is 0.950 bits per heavy atom. The Balaban J connectivity index is 2.47. The van der Waals surface area contributed by atoms with Gasteiger partial charge in [0.25, 0.3) is 0 Å². The lowest BCUT2D eigenvalue weighted by Crippen LogP contribution is -2.23. The molecule has 0 spiro atoms. The van der Waals surface area contributed by atoms with E-state index >= 15 is 0 Å². The van der Waals surface area contributed by atoms with Gasteiger partial charge in [0, 0.05) is 0 Å². The van der Waals surface area contributed by atoms with Crippen LogP contribution in [0.2, 0.25) is 0 Å². The van der Waals surface area contributed by atoms with Crippen LogP contribution in [0.25, 0.3) is 0 Å². The van der Waals surface area contributed by atoms with Crippen molar-refractivity contribution < 1.29 is 0 Å². The summed E-state index contributed by atoms with van der Waals surface area (Å²) in [7, 11) is 0. The number of benzene rings is 2. The molecule has 2 aromatic rings. The van der Waals surface area contributed by atoms with Crippen molar-refractivity contribution in [3.63, 3.8) is 0 Å². The number of hydrogen-bond donors (Lipinski definition) is 1. The Labute approximate surface area is 123 Å². The molecule has 1 unspecified atom stereocenters. The molecule has 0 heterocycles. The van der Waals surface area contributed by atoms with Crippen LogP contribution in [0.15, 0.2) is 42.5 Å². The second kappa shape index (κ2) is 6.71. The van der Waals surface area contributed by atoms with E-state index in [4.69, 9.17) is 0 Å². The highest BCUT2D eigenvalue weighted by Crippen LogP contribution is 2.27. The topological polar surface area (TPSA) is 12.0 Å². The van der Waals surface area contributed by atoms with E-state index < -0.39 is 0 Å². The average Bonchev–Trinajstić information content (AvgIpc) is 2.48. The van der Waals surface area contributed by atoms with Gasteiger partial charge in [-0.2, -0.15) is 0 Å². The third-order valence-corrected chi connectivity index (χ3v) is 4.02. The third-order valence-electron chi connectivity index (χ3n) is 4.02. The van der Waals surface area contributed by atoms with Crippen molar-refractivity contribution in [3.8, 4) is 0 Å². The van der Waals surface area contributed by atoms with Gasteiger partial charge in [-0.3, -0.25) is 0 Å². The molecule has 1 atom stereocenters. The first-order valence-electron chi connectivity index (χ1n) is 7.55. The molecular formula is C19H25N. The smallest absolute Gasteiger partial charge is 0.0579 e. The molecule has 0 amide bonds. The normalized spacial score (nSPS) is 12.4. The quantitative estimate of drug-likeness (QED) is 0.837. The Morgan fingerprint density at radius 2 is 1.70 bits per heavy atom. The fraction of sp³-hybridized carbons (Fsp3) is 0.368. The molecule has 0 aliphatic heterocycles. The van der Waals surface area contributed by atoms with E-state index in [1.54, 1.807) is 0 Å². The summed E-state index contributed by atoms with van der Waals surface area (Å²) in [5.41, 5.74) is 6.90. The van der Waals surface area contributed by atoms with Gasteiger partial charge in [-0.05, 0) is 54.6 Å². The highest BCUT2D eigenvalue weighted by molar-refractivity contribution is 5.40. The van der Waals surface area contributed by atoms with Crippen LogP contribution in [0.4, 0.5) is 0 Å². The van der Waals surface area contributed by atoms with Gasteiger partial charge in [-0.1, -0.05) is 56.3 Å². The molecule has 0 saturated carbocycles. The molecule has 20 heavy (non-hydrogen) atoms. The summed E-state index contributed by atoms with van der Waals surface area (Å²) in [5, 5.41) is 3.64. The number of aryl methyl sites for hydroxylation is 3. The summed E-state index contributed by atoms with van der Waals surface area (Å²) in [6.07, 6.45) is 1.07. The van der Waals surface area contributed by atoms with E-state index in [-0.39, 0.29) is 6.04 Å². The maximum atomic E-state index is 3.64. The highest BCUT2D eigenvalue weighted by Gasteiger charge is 2.15. The molecule has 2 aromatic carbocycles. The number of nitrogens with one attached hydrogen (secondary N) is 1. The van der Waals surface area contributed by atoms with E-state index in [2.05, 4.69) is 75.5 Å². The van der Waals surface area contributed by atoms with E-state index in [1.165, 1.54) is 27.8 Å². The molecule has 0 aromatic heterocycles. The van der Waals surface area contributed by atoms with Crippen LogP contribution in [0, 0.1) is 13.8 Å². The molecular weight excluding hydrogens is 242 g/mol. The number of rotatable bonds is 5. The van der Waals surface area contributed by atoms with E-state index in [9.17, 15) is 0 Å². The van der Waals surface area contributed by atoms with Gasteiger partial charge < -0.3 is 5.32 Å². The zero-order valence-electron chi connectivity index (χ0n) is 13.0. The predicted molar refractivity (Wildman–Crippen MR) is 87.3 cm³/mol. The first-order chi connectivity index (χ1) is 9.67. The lowest BCUT2D eigenvalue weighted by Gasteiger charge is -2.22. The van der Waals surface area contributed by atoms with Crippen molar-refractivity contribution in [3.05, 3.63) is 70.3 Å². The van der Waals surface area contributed by atoms with Crippen molar-refractivity contribution in [1.82, 2.24) is 5.32 Å². The molecule has 0 aliphatic carbocycles. The van der Waals surface area contributed by atoms with Crippen LogP contribution in [0.1, 0.15) is 47.7 Å². The van der Waals surface area contributed by atoms with Crippen molar-refractivity contribution in [2.24, 2.45) is 0 Å². The van der Waals surface area contributed by atoms with Gasteiger partial charge in [0.1, 0.15) is 0 Å². The fourth-order valence-electron chi connectivity index (χ4n) is 2.69. The largest absolute Gasteiger partial charge is 0.307 e. The minimum Gasteiger partial charge on any atom is -0.307 e. The maximum Gasteiger partial charge on any atom is 0.0579 e. The van der Waals surface area contributed by atoms with Gasteiger partial charge in [0.05, 0.1) is 6.04 Å². The molecule has 106 valence electrons. The van der Waals surface area contributed by atoms with Crippen LogP contribution >= 0.6 is 0 Å². The van der Waals surface area contributed by atoms with E-state index in [1.807, 2.05) is 0 Å². The monoisotopic (exact) mass is 267 g/mol. The standard InChI is InChI=1S/C19H25N/c1-5-16-9-7-8-10-18(16)19(20-6-2)17-12-11-14(3)15(4)13-17/h7-13,19-20H,5-6H2,1-4H3. The average molecular weight is 267 g/mol. The molecule has 1 N–H and O–H groups in total. The summed E-state index contributed by atoms with van der Waals surface area (Å²) in [6, 6.07) is 15.8. The van der Waals surface area contributed by atoms with Crippen LogP contribution in [0.5, 0.6) is 0 Å². The van der Waals surface area contributed by atoms with Crippen molar-refractivity contribution in [1.29, 1.82) is 0 Å². The van der Waals surface area contributed by atoms with Gasteiger partial charge in [0.15, 0.2) is 0 Å². The van der Waals surface area contributed by atoms with E-state index in [0.717, 1.165) is 13.0 Å². The van der Waals surface area contributed by atoms with Crippen molar-refractivity contribution >= 4 is 0 Å². The fourth-order valence-corrected chi connectivity index (χ4v) is 2.69. The van der Waals surface area contributed by atoms with Crippen LogP contribution < -0.4 is 5.32 Å². The Bertz CT molecular complexity index is 572. The second-order valence-corrected chi connectivity index (χ2v) is 5.39. The highest BCUT2D eigenvalue weighted by atomic mass is 14.9. The summed E-state index contributed by atoms with van der Waals surface area (Å²) in [6.45, 7) is 9.72. The summed E-state index contributed by atoms with van der Waals surface area (Å²) in [4.78, 5) is 0. The van der Waals surface area contributed by atoms with Gasteiger partial charge in [-0.15, -0.1) is 0 Å². The SMILES string of the molecule is CCNC(c1ccc(C)c(C)c1)c1ccccc1CC. The Hall–Kier alpha value is -1.60. The Morgan fingerprint density at radius 3 is 2.35 bits per heavy atom. The zero-order chi connectivity index (χ0) is 14.5. The molecule has 1 nitrogen and oxygen atoms in total. The minimum atomic E-state index is 0.287. The molecule has 0 bridgehead atoms. The molecule has 0 fully saturated rings. The minimum absolute atomic E-state index is 0.287. The molecule has 0 radical (unpaired) electrons. The van der Waals surface area contributed by atoms with Crippen LogP contribution in [0.3, 0.4) is 0 Å². The molecule has 0 saturated heterocycles. The third kappa shape index (κ3) is 3.10. The first kappa shape index (κ1) is 14.8. The van der Waals surface area contributed by atoms with Crippen LogP contribution in [-0.2, 0) is 6.42 Å². The van der Waals surface area contributed by atoms with Gasteiger partial charge in [-0.25, -0.2) is 0 Å². The first-order valence-corrected chi connectivity index (χ1v) is 7.55. The summed E-state index contributed by atoms with van der Waals surface area (Å²) in [5.74, 6) is 0. The van der Waals surface area contributed by atoms with Gasteiger partial charge in [0.2, 0.25) is 0 Å². The molecule has 0 aliphatic rings. The molecule has 1 heteroatoms. The van der Waals surface area contributed by atoms with Crippen LogP contribution in [-0.4, -0.2) is 6.54 Å². The van der Waals surface area contributed by atoms with Crippen molar-refractivity contribution in [2.75, 3.05) is 6.54 Å². The summed E-state index contributed by atoms with van der Waals surface area (Å²) >= 11 is 0. The summed E-state index contributed by atoms with van der Waals surface area (Å²) < 4.78 is 0. The predicted octanol–water partition coefficient (Wildman–Crippen LogP) is 4.56. The lowest BCUT2D eigenvalue weighted by molar-refractivity contribution is 0.625. The second-order valence-electron chi connectivity index (χ2n) is 5.39. The number of hydrogen-bond acceptors (Lipinski definition) is 1. The zero-order valence-corrected chi connectivity index (χ0v) is 13.0.